The number of carbonyl (C=O) groups excluding carboxylic acids is 2. The van der Waals surface area contributed by atoms with Crippen molar-refractivity contribution in [2.45, 2.75) is 36.8 Å². The Balaban J connectivity index is 1.51. The largest absolute Gasteiger partial charge is 0.496 e. The van der Waals surface area contributed by atoms with E-state index in [4.69, 9.17) is 9.47 Å². The first kappa shape index (κ1) is 19.9. The maximum Gasteiger partial charge on any atom is 0.247 e. The Hall–Kier alpha value is -4.04. The van der Waals surface area contributed by atoms with Gasteiger partial charge >= 0.3 is 0 Å². The van der Waals surface area contributed by atoms with Gasteiger partial charge in [0.05, 0.1) is 37.5 Å². The van der Waals surface area contributed by atoms with Gasteiger partial charge in [-0.25, -0.2) is 0 Å². The van der Waals surface area contributed by atoms with Gasteiger partial charge in [0.2, 0.25) is 11.8 Å². The van der Waals surface area contributed by atoms with Gasteiger partial charge < -0.3 is 20.1 Å². The molecule has 2 aromatic rings. The molecule has 160 valence electrons. The van der Waals surface area contributed by atoms with Gasteiger partial charge in [0.1, 0.15) is 22.6 Å². The van der Waals surface area contributed by atoms with Crippen LogP contribution < -0.4 is 20.1 Å². The van der Waals surface area contributed by atoms with E-state index >= 15 is 0 Å². The van der Waals surface area contributed by atoms with Crippen molar-refractivity contribution in [3.05, 3.63) is 57.6 Å². The second-order valence-corrected chi connectivity index (χ2v) is 8.55. The Morgan fingerprint density at radius 1 is 0.719 bits per heavy atom. The number of piperazine rings is 1. The second-order valence-electron chi connectivity index (χ2n) is 8.55. The van der Waals surface area contributed by atoms with Crippen LogP contribution in [0, 0.1) is 22.7 Å². The minimum absolute atomic E-state index is 0.218. The fraction of sp³-hybridized carbons (Fsp3) is 0.333. The highest BCUT2D eigenvalue weighted by Gasteiger charge is 2.58. The Kier molecular flexibility index (Phi) is 4.18. The van der Waals surface area contributed by atoms with Crippen LogP contribution in [0.1, 0.15) is 33.4 Å². The number of hydrogen-bond donors (Lipinski definition) is 2. The fourth-order valence-corrected chi connectivity index (χ4v) is 5.34. The highest BCUT2D eigenvalue weighted by atomic mass is 16.5. The van der Waals surface area contributed by atoms with Crippen LogP contribution in [-0.4, -0.2) is 37.1 Å². The molecule has 1 heterocycles. The molecule has 8 heteroatoms. The number of carbonyl (C=O) groups is 2. The van der Waals surface area contributed by atoms with E-state index in [2.05, 4.69) is 22.8 Å². The predicted molar refractivity (Wildman–Crippen MR) is 112 cm³/mol. The third-order valence-electron chi connectivity index (χ3n) is 6.95. The molecule has 32 heavy (non-hydrogen) atoms. The van der Waals surface area contributed by atoms with Gasteiger partial charge in [0, 0.05) is 36.8 Å². The van der Waals surface area contributed by atoms with Gasteiger partial charge in [0.25, 0.3) is 0 Å². The summed E-state index contributed by atoms with van der Waals surface area (Å²) in [6, 6.07) is 11.1. The molecular formula is C24H20N4O4. The van der Waals surface area contributed by atoms with E-state index in [0.29, 0.717) is 22.6 Å². The van der Waals surface area contributed by atoms with Gasteiger partial charge in [-0.15, -0.1) is 0 Å². The molecular weight excluding hydrogens is 408 g/mol. The van der Waals surface area contributed by atoms with Gasteiger partial charge in [-0.05, 0) is 35.4 Å². The summed E-state index contributed by atoms with van der Waals surface area (Å²) in [6.07, 6.45) is 0.925. The molecule has 1 saturated heterocycles. The first-order valence-electron chi connectivity index (χ1n) is 10.2. The summed E-state index contributed by atoms with van der Waals surface area (Å²) in [5.74, 6) is 0.582. The number of rotatable bonds is 2. The number of hydrogen-bond acceptors (Lipinski definition) is 6. The molecule has 0 bridgehead atoms. The van der Waals surface area contributed by atoms with Crippen molar-refractivity contribution in [2.24, 2.45) is 0 Å². The Bertz CT molecular complexity index is 1190. The minimum Gasteiger partial charge on any atom is -0.496 e. The molecule has 2 aromatic carbocycles. The summed E-state index contributed by atoms with van der Waals surface area (Å²) in [7, 11) is 3.08. The van der Waals surface area contributed by atoms with Crippen molar-refractivity contribution >= 4 is 11.8 Å². The lowest BCUT2D eigenvalue weighted by molar-refractivity contribution is -0.145. The molecule has 5 rings (SSSR count). The van der Waals surface area contributed by atoms with E-state index < -0.39 is 11.1 Å². The van der Waals surface area contributed by atoms with Crippen LogP contribution >= 0.6 is 0 Å². The highest BCUT2D eigenvalue weighted by Crippen LogP contribution is 2.43. The summed E-state index contributed by atoms with van der Waals surface area (Å²) in [5.41, 5.74) is 1.56. The number of nitrogens with zero attached hydrogens (tertiary/aromatic N) is 2. The molecule has 8 nitrogen and oxygen atoms in total. The summed E-state index contributed by atoms with van der Waals surface area (Å²) >= 11 is 0. The zero-order chi connectivity index (χ0) is 22.7. The monoisotopic (exact) mass is 428 g/mol. The molecule has 0 unspecified atom stereocenters. The van der Waals surface area contributed by atoms with Crippen LogP contribution in [0.3, 0.4) is 0 Å². The molecule has 1 fully saturated rings. The summed E-state index contributed by atoms with van der Waals surface area (Å²) in [5, 5.41) is 25.0. The minimum atomic E-state index is -1.18. The average Bonchev–Trinajstić information content (AvgIpc) is 3.37. The number of nitriles is 2. The Morgan fingerprint density at radius 3 is 1.44 bits per heavy atom. The normalized spacial score (nSPS) is 24.9. The molecule has 0 radical (unpaired) electrons. The van der Waals surface area contributed by atoms with Crippen molar-refractivity contribution < 1.29 is 19.1 Å². The van der Waals surface area contributed by atoms with Crippen molar-refractivity contribution in [1.29, 1.82) is 10.5 Å². The van der Waals surface area contributed by atoms with Crippen LogP contribution in [0.4, 0.5) is 0 Å². The third kappa shape index (κ3) is 2.53. The highest BCUT2D eigenvalue weighted by molar-refractivity contribution is 6.04. The molecule has 2 spiro atoms. The van der Waals surface area contributed by atoms with Gasteiger partial charge in [-0.1, -0.05) is 0 Å². The molecule has 2 atom stereocenters. The standard InChI is InChI=1S/C24H20N4O4/c1-31-19-5-3-13(11-25)15-7-23(9-17(15)19)21(29)28-24(22(30)27-23)8-16-14(12-26)4-6-20(32-2)18(16)10-24/h3-6H,7-10H2,1-2H3,(H,27,30)(H,28,29)/t23-,24+. The summed E-state index contributed by atoms with van der Waals surface area (Å²) in [6.45, 7) is 0. The molecule has 0 saturated carbocycles. The molecule has 1 aliphatic heterocycles. The van der Waals surface area contributed by atoms with Crippen molar-refractivity contribution in [1.82, 2.24) is 10.6 Å². The van der Waals surface area contributed by atoms with Gasteiger partial charge in [-0.3, -0.25) is 9.59 Å². The Labute approximate surface area is 184 Å². The van der Waals surface area contributed by atoms with E-state index in [0.717, 1.165) is 22.3 Å². The molecule has 3 aliphatic rings. The lowest BCUT2D eigenvalue weighted by Gasteiger charge is -2.43. The van der Waals surface area contributed by atoms with E-state index in [9.17, 15) is 20.1 Å². The zero-order valence-corrected chi connectivity index (χ0v) is 17.7. The zero-order valence-electron chi connectivity index (χ0n) is 17.7. The van der Waals surface area contributed by atoms with Crippen LogP contribution in [0.5, 0.6) is 11.5 Å². The number of fused-ring (bicyclic) bond motifs is 2. The molecule has 2 N–H and O–H groups in total. The SMILES string of the molecule is COc1ccc(C#N)c2c1C[C@@]1(C2)NC(=O)[C@@]2(Cc3c(C#N)ccc(OC)c3C2)NC1=O. The molecule has 0 aromatic heterocycles. The first-order chi connectivity index (χ1) is 15.4. The number of nitrogens with one attached hydrogen (secondary N) is 2. The van der Waals surface area contributed by atoms with E-state index in [-0.39, 0.29) is 37.5 Å². The van der Waals surface area contributed by atoms with Crippen molar-refractivity contribution in [3.63, 3.8) is 0 Å². The number of ether oxygens (including phenoxy) is 2. The topological polar surface area (TPSA) is 124 Å². The maximum atomic E-state index is 13.5. The lowest BCUT2D eigenvalue weighted by atomic mass is 9.83. The second kappa shape index (κ2) is 6.73. The number of benzene rings is 2. The molecule has 2 aliphatic carbocycles. The van der Waals surface area contributed by atoms with Gasteiger partial charge in [0.15, 0.2) is 0 Å². The smallest absolute Gasteiger partial charge is 0.247 e. The van der Waals surface area contributed by atoms with Crippen LogP contribution in [0.25, 0.3) is 0 Å². The van der Waals surface area contributed by atoms with Crippen molar-refractivity contribution in [3.8, 4) is 23.6 Å². The third-order valence-corrected chi connectivity index (χ3v) is 6.95. The summed E-state index contributed by atoms with van der Waals surface area (Å²) < 4.78 is 10.9. The molecule has 2 amide bonds. The number of amides is 2. The fourth-order valence-electron chi connectivity index (χ4n) is 5.34. The van der Waals surface area contributed by atoms with Crippen molar-refractivity contribution in [2.75, 3.05) is 14.2 Å². The van der Waals surface area contributed by atoms with Gasteiger partial charge in [-0.2, -0.15) is 10.5 Å². The summed E-state index contributed by atoms with van der Waals surface area (Å²) in [4.78, 5) is 27.0. The van der Waals surface area contributed by atoms with E-state index in [1.54, 1.807) is 24.3 Å². The lowest BCUT2D eigenvalue weighted by Crippen LogP contribution is -2.75. The van der Waals surface area contributed by atoms with E-state index in [1.165, 1.54) is 14.2 Å². The van der Waals surface area contributed by atoms with Crippen LogP contribution in [0.15, 0.2) is 24.3 Å². The number of methoxy groups -OCH3 is 2. The predicted octanol–water partition coefficient (Wildman–Crippen LogP) is 1.07. The van der Waals surface area contributed by atoms with E-state index in [1.807, 2.05) is 0 Å². The van der Waals surface area contributed by atoms with Crippen LogP contribution in [0.2, 0.25) is 0 Å². The quantitative estimate of drug-likeness (QED) is 0.737. The first-order valence-corrected chi connectivity index (χ1v) is 10.2. The van der Waals surface area contributed by atoms with Crippen LogP contribution in [-0.2, 0) is 35.3 Å². The Morgan fingerprint density at radius 2 is 1.09 bits per heavy atom. The average molecular weight is 428 g/mol. The maximum absolute atomic E-state index is 13.5.